The van der Waals surface area contributed by atoms with Crippen LogP contribution in [-0.2, 0) is 4.79 Å². The van der Waals surface area contributed by atoms with Crippen LogP contribution in [0.15, 0.2) is 41.9 Å². The summed E-state index contributed by atoms with van der Waals surface area (Å²) < 4.78 is 0. The molecule has 0 bridgehead atoms. The fourth-order valence-electron chi connectivity index (χ4n) is 2.51. The molecule has 0 aliphatic heterocycles. The minimum absolute atomic E-state index is 0.138. The Morgan fingerprint density at radius 2 is 2.22 bits per heavy atom. The number of benzene rings is 1. The number of fused-ring (bicyclic) bond motifs is 1. The van der Waals surface area contributed by atoms with Gasteiger partial charge in [-0.3, -0.25) is 4.79 Å². The number of carboxylic acid groups (broad SMARTS) is 1. The molecule has 0 amide bonds. The second-order valence-corrected chi connectivity index (χ2v) is 6.04. The van der Waals surface area contributed by atoms with Crippen LogP contribution in [0.1, 0.15) is 5.56 Å². The van der Waals surface area contributed by atoms with E-state index in [2.05, 4.69) is 11.1 Å². The van der Waals surface area contributed by atoms with Crippen molar-refractivity contribution >= 4 is 33.9 Å². The second kappa shape index (κ2) is 6.07. The lowest BCUT2D eigenvalue weighted by atomic mass is 10.0. The van der Waals surface area contributed by atoms with Gasteiger partial charge in [-0.1, -0.05) is 6.07 Å². The molecule has 1 N–H and O–H groups in total. The van der Waals surface area contributed by atoms with E-state index in [1.807, 2.05) is 29.6 Å². The van der Waals surface area contributed by atoms with E-state index < -0.39 is 5.97 Å². The predicted molar refractivity (Wildman–Crippen MR) is 90.7 cm³/mol. The van der Waals surface area contributed by atoms with Crippen LogP contribution in [0.5, 0.6) is 0 Å². The number of anilines is 1. The molecule has 0 aliphatic carbocycles. The Morgan fingerprint density at radius 3 is 2.87 bits per heavy atom. The maximum atomic E-state index is 11.0. The highest BCUT2D eigenvalue weighted by Crippen LogP contribution is 2.35. The Morgan fingerprint density at radius 1 is 1.39 bits per heavy atom. The van der Waals surface area contributed by atoms with Crippen molar-refractivity contribution < 1.29 is 9.90 Å². The number of pyridine rings is 1. The van der Waals surface area contributed by atoms with Crippen LogP contribution in [0, 0.1) is 11.3 Å². The fraction of sp³-hybridized carbons (Fsp3) is 0.118. The Kier molecular flexibility index (Phi) is 3.96. The van der Waals surface area contributed by atoms with E-state index in [1.54, 1.807) is 35.5 Å². The van der Waals surface area contributed by atoms with E-state index >= 15 is 0 Å². The largest absolute Gasteiger partial charge is 0.480 e. The summed E-state index contributed by atoms with van der Waals surface area (Å²) in [5, 5.41) is 21.9. The van der Waals surface area contributed by atoms with Gasteiger partial charge < -0.3 is 10.0 Å². The molecule has 0 saturated heterocycles. The predicted octanol–water partition coefficient (Wildman–Crippen LogP) is 3.36. The third kappa shape index (κ3) is 2.87. The third-order valence-corrected chi connectivity index (χ3v) is 4.42. The Hall–Kier alpha value is -2.91. The number of aromatic nitrogens is 1. The minimum Gasteiger partial charge on any atom is -0.480 e. The summed E-state index contributed by atoms with van der Waals surface area (Å²) >= 11 is 1.60. The van der Waals surface area contributed by atoms with Crippen LogP contribution < -0.4 is 4.90 Å². The number of likely N-dealkylation sites (N-methyl/N-ethyl adjacent to an activating group) is 1. The Labute approximate surface area is 137 Å². The number of carboxylic acids is 1. The standard InChI is InChI=1S/C17H13N3O2S/c1-20(10-16(21)22)17-12-5-4-11(8-18)7-13(12)14(9-19-17)15-3-2-6-23-15/h2-7,9H,10H2,1H3,(H,21,22). The molecule has 0 atom stereocenters. The highest BCUT2D eigenvalue weighted by Gasteiger charge is 2.15. The van der Waals surface area contributed by atoms with Gasteiger partial charge in [0, 0.05) is 29.1 Å². The topological polar surface area (TPSA) is 77.2 Å². The molecular weight excluding hydrogens is 310 g/mol. The van der Waals surface area contributed by atoms with Gasteiger partial charge in [0.25, 0.3) is 0 Å². The van der Waals surface area contributed by atoms with Gasteiger partial charge in [-0.2, -0.15) is 5.26 Å². The van der Waals surface area contributed by atoms with Crippen molar-refractivity contribution in [1.29, 1.82) is 5.26 Å². The first-order valence-electron chi connectivity index (χ1n) is 6.90. The fourth-order valence-corrected chi connectivity index (χ4v) is 3.26. The molecule has 1 aromatic carbocycles. The summed E-state index contributed by atoms with van der Waals surface area (Å²) in [7, 11) is 1.69. The number of nitrogens with zero attached hydrogens (tertiary/aromatic N) is 3. The first kappa shape index (κ1) is 15.0. The molecule has 0 fully saturated rings. The van der Waals surface area contributed by atoms with E-state index in [9.17, 15) is 4.79 Å². The molecule has 5 nitrogen and oxygen atoms in total. The van der Waals surface area contributed by atoms with Crippen molar-refractivity contribution in [3.63, 3.8) is 0 Å². The Bertz CT molecular complexity index is 913. The Balaban J connectivity index is 2.24. The molecule has 3 rings (SSSR count). The summed E-state index contributed by atoms with van der Waals surface area (Å²) in [6.07, 6.45) is 1.74. The number of hydrogen-bond acceptors (Lipinski definition) is 5. The molecule has 0 unspecified atom stereocenters. The van der Waals surface area contributed by atoms with Gasteiger partial charge in [-0.05, 0) is 35.0 Å². The van der Waals surface area contributed by atoms with E-state index in [4.69, 9.17) is 10.4 Å². The van der Waals surface area contributed by atoms with Gasteiger partial charge >= 0.3 is 5.97 Å². The zero-order valence-electron chi connectivity index (χ0n) is 12.4. The molecule has 114 valence electrons. The van der Waals surface area contributed by atoms with Crippen molar-refractivity contribution in [2.24, 2.45) is 0 Å². The van der Waals surface area contributed by atoms with Gasteiger partial charge in [0.2, 0.25) is 0 Å². The van der Waals surface area contributed by atoms with Crippen molar-refractivity contribution in [1.82, 2.24) is 4.98 Å². The van der Waals surface area contributed by atoms with Gasteiger partial charge in [0.05, 0.1) is 11.6 Å². The van der Waals surface area contributed by atoms with Crippen molar-refractivity contribution in [3.05, 3.63) is 47.5 Å². The maximum Gasteiger partial charge on any atom is 0.323 e. The molecule has 23 heavy (non-hydrogen) atoms. The van der Waals surface area contributed by atoms with E-state index in [0.29, 0.717) is 11.4 Å². The lowest BCUT2D eigenvalue weighted by Gasteiger charge is -2.19. The number of thiophene rings is 1. The van der Waals surface area contributed by atoms with Gasteiger partial charge in [-0.25, -0.2) is 4.98 Å². The number of hydrogen-bond donors (Lipinski definition) is 1. The lowest BCUT2D eigenvalue weighted by molar-refractivity contribution is -0.135. The molecule has 0 spiro atoms. The van der Waals surface area contributed by atoms with E-state index in [1.165, 1.54) is 0 Å². The molecule has 0 aliphatic rings. The molecular formula is C17H13N3O2S. The van der Waals surface area contributed by atoms with Crippen LogP contribution in [-0.4, -0.2) is 29.7 Å². The number of aliphatic carboxylic acids is 1. The zero-order chi connectivity index (χ0) is 16.4. The van der Waals surface area contributed by atoms with Crippen molar-refractivity contribution in [2.45, 2.75) is 0 Å². The zero-order valence-corrected chi connectivity index (χ0v) is 13.2. The summed E-state index contributed by atoms with van der Waals surface area (Å²) in [6.45, 7) is -0.138. The van der Waals surface area contributed by atoms with Gasteiger partial charge in [0.15, 0.2) is 0 Å². The van der Waals surface area contributed by atoms with Crippen molar-refractivity contribution in [2.75, 3.05) is 18.5 Å². The molecule has 6 heteroatoms. The molecule has 0 saturated carbocycles. The monoisotopic (exact) mass is 323 g/mol. The molecule has 3 aromatic rings. The number of rotatable bonds is 4. The average molecular weight is 323 g/mol. The number of nitriles is 1. The third-order valence-electron chi connectivity index (χ3n) is 3.52. The minimum atomic E-state index is -0.918. The summed E-state index contributed by atoms with van der Waals surface area (Å²) in [4.78, 5) is 18.1. The number of carbonyl (C=O) groups is 1. The SMILES string of the molecule is CN(CC(=O)O)c1ncc(-c2cccs2)c2cc(C#N)ccc12. The van der Waals surface area contributed by atoms with Crippen LogP contribution in [0.4, 0.5) is 5.82 Å². The van der Waals surface area contributed by atoms with Crippen LogP contribution in [0.3, 0.4) is 0 Å². The molecule has 0 radical (unpaired) electrons. The van der Waals surface area contributed by atoms with Crippen LogP contribution in [0.25, 0.3) is 21.2 Å². The highest BCUT2D eigenvalue weighted by atomic mass is 32.1. The lowest BCUT2D eigenvalue weighted by Crippen LogP contribution is -2.26. The summed E-state index contributed by atoms with van der Waals surface area (Å²) in [5.41, 5.74) is 1.51. The average Bonchev–Trinajstić information content (AvgIpc) is 3.06. The normalized spacial score (nSPS) is 10.4. The second-order valence-electron chi connectivity index (χ2n) is 5.09. The van der Waals surface area contributed by atoms with Gasteiger partial charge in [-0.15, -0.1) is 11.3 Å². The van der Waals surface area contributed by atoms with E-state index in [-0.39, 0.29) is 6.54 Å². The maximum absolute atomic E-state index is 11.0. The first-order chi connectivity index (χ1) is 11.1. The van der Waals surface area contributed by atoms with E-state index in [0.717, 1.165) is 21.2 Å². The molecule has 2 aromatic heterocycles. The summed E-state index contributed by atoms with van der Waals surface area (Å²) in [5.74, 6) is -0.328. The summed E-state index contributed by atoms with van der Waals surface area (Å²) in [6, 6.07) is 11.5. The van der Waals surface area contributed by atoms with Crippen molar-refractivity contribution in [3.8, 4) is 16.5 Å². The van der Waals surface area contributed by atoms with Crippen LogP contribution in [0.2, 0.25) is 0 Å². The quantitative estimate of drug-likeness (QED) is 0.796. The highest BCUT2D eigenvalue weighted by molar-refractivity contribution is 7.13. The van der Waals surface area contributed by atoms with Crippen LogP contribution >= 0.6 is 11.3 Å². The van der Waals surface area contributed by atoms with Gasteiger partial charge in [0.1, 0.15) is 12.4 Å². The molecule has 2 heterocycles. The first-order valence-corrected chi connectivity index (χ1v) is 7.78. The smallest absolute Gasteiger partial charge is 0.323 e.